The van der Waals surface area contributed by atoms with E-state index in [9.17, 15) is 0 Å². The maximum atomic E-state index is 5.41. The first-order chi connectivity index (χ1) is 14.2. The van der Waals surface area contributed by atoms with Crippen LogP contribution in [-0.2, 0) is 12.8 Å². The maximum Gasteiger partial charge on any atom is 0.191 e. The van der Waals surface area contributed by atoms with E-state index in [1.165, 1.54) is 5.56 Å². The van der Waals surface area contributed by atoms with Crippen LogP contribution in [0.3, 0.4) is 0 Å². The molecule has 1 heterocycles. The Bertz CT molecular complexity index is 914. The number of nitrogens with one attached hydrogen (secondary N) is 3. The lowest BCUT2D eigenvalue weighted by atomic mass is 10.1. The Labute approximate surface area is 172 Å². The molecule has 0 spiro atoms. The second kappa shape index (κ2) is 10.5. The smallest absolute Gasteiger partial charge is 0.191 e. The zero-order valence-electron chi connectivity index (χ0n) is 17.6. The molecule has 0 aliphatic rings. The lowest BCUT2D eigenvalue weighted by molar-refractivity contribution is 0.411. The summed E-state index contributed by atoms with van der Waals surface area (Å²) in [4.78, 5) is 12.7. The number of para-hydroxylation sites is 2. The minimum absolute atomic E-state index is 0.755. The average Bonchev–Trinajstić information content (AvgIpc) is 3.15. The van der Waals surface area contributed by atoms with Crippen LogP contribution in [0.4, 0.5) is 0 Å². The Hall–Kier alpha value is -3.02. The van der Waals surface area contributed by atoms with Gasteiger partial charge in [-0.25, -0.2) is 4.98 Å². The number of rotatable bonds is 9. The second-order valence-corrected chi connectivity index (χ2v) is 7.05. The van der Waals surface area contributed by atoms with Crippen LogP contribution in [0.2, 0.25) is 0 Å². The summed E-state index contributed by atoms with van der Waals surface area (Å²) in [7, 11) is 1.71. The van der Waals surface area contributed by atoms with Gasteiger partial charge < -0.3 is 20.4 Å². The topological polar surface area (TPSA) is 74.3 Å². The van der Waals surface area contributed by atoms with Crippen LogP contribution in [-0.4, -0.2) is 42.7 Å². The zero-order chi connectivity index (χ0) is 20.5. The number of imidazole rings is 1. The van der Waals surface area contributed by atoms with Gasteiger partial charge in [-0.2, -0.15) is 0 Å². The summed E-state index contributed by atoms with van der Waals surface area (Å²) in [6.07, 6.45) is 2.76. The lowest BCUT2D eigenvalue weighted by Crippen LogP contribution is -2.38. The number of aryl methyl sites for hydroxylation is 2. The summed E-state index contributed by atoms with van der Waals surface area (Å²) in [5, 5.41) is 6.73. The molecule has 3 N–H and O–H groups in total. The first-order valence-corrected chi connectivity index (χ1v) is 10.3. The zero-order valence-corrected chi connectivity index (χ0v) is 17.6. The number of hydrogen-bond donors (Lipinski definition) is 3. The molecule has 0 saturated carbocycles. The summed E-state index contributed by atoms with van der Waals surface area (Å²) in [6, 6.07) is 14.5. The van der Waals surface area contributed by atoms with E-state index in [-0.39, 0.29) is 0 Å². The van der Waals surface area contributed by atoms with Crippen LogP contribution in [0.15, 0.2) is 47.5 Å². The van der Waals surface area contributed by atoms with Gasteiger partial charge in [-0.15, -0.1) is 0 Å². The third-order valence-electron chi connectivity index (χ3n) is 4.80. The van der Waals surface area contributed by atoms with Gasteiger partial charge in [-0.1, -0.05) is 24.3 Å². The Morgan fingerprint density at radius 2 is 2.00 bits per heavy atom. The van der Waals surface area contributed by atoms with E-state index >= 15 is 0 Å². The summed E-state index contributed by atoms with van der Waals surface area (Å²) in [5.41, 5.74) is 4.52. The normalized spacial score (nSPS) is 11.6. The third-order valence-corrected chi connectivity index (χ3v) is 4.80. The molecule has 2 aromatic carbocycles. The maximum absolute atomic E-state index is 5.41. The van der Waals surface area contributed by atoms with Crippen molar-refractivity contribution < 1.29 is 4.74 Å². The molecule has 0 bridgehead atoms. The van der Waals surface area contributed by atoms with Gasteiger partial charge in [0.25, 0.3) is 0 Å². The molecule has 6 heteroatoms. The van der Waals surface area contributed by atoms with Crippen LogP contribution in [0.25, 0.3) is 11.0 Å². The van der Waals surface area contributed by atoms with E-state index in [1.807, 2.05) is 18.2 Å². The number of H-pyrrole nitrogens is 1. The fourth-order valence-corrected chi connectivity index (χ4v) is 3.25. The molecule has 1 aromatic heterocycles. The van der Waals surface area contributed by atoms with Gasteiger partial charge >= 0.3 is 0 Å². The van der Waals surface area contributed by atoms with Crippen molar-refractivity contribution in [3.8, 4) is 5.75 Å². The highest BCUT2D eigenvalue weighted by atomic mass is 16.5. The van der Waals surface area contributed by atoms with E-state index in [4.69, 9.17) is 4.74 Å². The highest BCUT2D eigenvalue weighted by Crippen LogP contribution is 2.19. The van der Waals surface area contributed by atoms with Crippen LogP contribution in [0.5, 0.6) is 5.75 Å². The number of aliphatic imine (C=N–C) groups is 1. The van der Waals surface area contributed by atoms with Crippen LogP contribution in [0.1, 0.15) is 30.3 Å². The fraction of sp³-hybridized carbons (Fsp3) is 0.391. The van der Waals surface area contributed by atoms with E-state index in [0.717, 1.165) is 73.0 Å². The average molecular weight is 394 g/mol. The van der Waals surface area contributed by atoms with Gasteiger partial charge in [-0.05, 0) is 56.0 Å². The molecule has 0 atom stereocenters. The molecule has 154 valence electrons. The van der Waals surface area contributed by atoms with Crippen molar-refractivity contribution in [1.82, 2.24) is 20.6 Å². The van der Waals surface area contributed by atoms with Crippen LogP contribution in [0, 0.1) is 6.92 Å². The van der Waals surface area contributed by atoms with Gasteiger partial charge in [0.15, 0.2) is 5.96 Å². The van der Waals surface area contributed by atoms with E-state index < -0.39 is 0 Å². The molecule has 3 rings (SSSR count). The number of aromatic nitrogens is 2. The molecule has 6 nitrogen and oxygen atoms in total. The molecule has 0 amide bonds. The van der Waals surface area contributed by atoms with Crippen molar-refractivity contribution >= 4 is 17.0 Å². The van der Waals surface area contributed by atoms with E-state index in [1.54, 1.807) is 7.11 Å². The number of guanidine groups is 1. The molecule has 0 aliphatic carbocycles. The summed E-state index contributed by atoms with van der Waals surface area (Å²) in [6.45, 7) is 6.55. The van der Waals surface area contributed by atoms with Crippen molar-refractivity contribution in [3.05, 3.63) is 59.4 Å². The van der Waals surface area contributed by atoms with Crippen molar-refractivity contribution in [1.29, 1.82) is 0 Å². The summed E-state index contributed by atoms with van der Waals surface area (Å²) in [5.74, 6) is 2.82. The van der Waals surface area contributed by atoms with Gasteiger partial charge in [0, 0.05) is 26.1 Å². The molecule has 0 fully saturated rings. The second-order valence-electron chi connectivity index (χ2n) is 7.05. The molecule has 0 aliphatic heterocycles. The largest absolute Gasteiger partial charge is 0.496 e. The number of methoxy groups -OCH3 is 1. The SMILES string of the molecule is CCNC(=NCCCc1nc2ccccc2[nH]1)NCCc1ccc(C)c(OC)c1. The van der Waals surface area contributed by atoms with Gasteiger partial charge in [0.1, 0.15) is 11.6 Å². The summed E-state index contributed by atoms with van der Waals surface area (Å²) >= 11 is 0. The highest BCUT2D eigenvalue weighted by molar-refractivity contribution is 5.79. The number of fused-ring (bicyclic) bond motifs is 1. The van der Waals surface area contributed by atoms with Gasteiger partial charge in [0.2, 0.25) is 0 Å². The summed E-state index contributed by atoms with van der Waals surface area (Å²) < 4.78 is 5.41. The monoisotopic (exact) mass is 393 g/mol. The van der Waals surface area contributed by atoms with Crippen molar-refractivity contribution in [2.24, 2.45) is 4.99 Å². The fourth-order valence-electron chi connectivity index (χ4n) is 3.25. The van der Waals surface area contributed by atoms with Crippen molar-refractivity contribution in [2.45, 2.75) is 33.1 Å². The highest BCUT2D eigenvalue weighted by Gasteiger charge is 2.03. The minimum atomic E-state index is 0.755. The Morgan fingerprint density at radius 1 is 1.14 bits per heavy atom. The number of aromatic amines is 1. The third kappa shape index (κ3) is 5.98. The molecule has 29 heavy (non-hydrogen) atoms. The number of nitrogens with zero attached hydrogens (tertiary/aromatic N) is 2. The quantitative estimate of drug-likeness (QED) is 0.295. The molecular formula is C23H31N5O. The van der Waals surface area contributed by atoms with Crippen molar-refractivity contribution in [3.63, 3.8) is 0 Å². The minimum Gasteiger partial charge on any atom is -0.496 e. The first-order valence-electron chi connectivity index (χ1n) is 10.3. The lowest BCUT2D eigenvalue weighted by Gasteiger charge is -2.12. The molecule has 0 radical (unpaired) electrons. The Morgan fingerprint density at radius 3 is 2.79 bits per heavy atom. The number of hydrogen-bond acceptors (Lipinski definition) is 3. The molecule has 3 aromatic rings. The van der Waals surface area contributed by atoms with Crippen LogP contribution < -0.4 is 15.4 Å². The van der Waals surface area contributed by atoms with E-state index in [0.29, 0.717) is 0 Å². The van der Waals surface area contributed by atoms with Gasteiger partial charge in [0.05, 0.1) is 18.1 Å². The Balaban J connectivity index is 1.46. The standard InChI is InChI=1S/C23H31N5O/c1-4-24-23(26-15-13-18-12-11-17(2)21(16-18)29-3)25-14-7-10-22-27-19-8-5-6-9-20(19)28-22/h5-6,8-9,11-12,16H,4,7,10,13-15H2,1-3H3,(H,27,28)(H2,24,25,26). The molecule has 0 unspecified atom stereocenters. The number of benzene rings is 2. The number of ether oxygens (including phenoxy) is 1. The van der Waals surface area contributed by atoms with E-state index in [2.05, 4.69) is 63.7 Å². The van der Waals surface area contributed by atoms with Gasteiger partial charge in [-0.3, -0.25) is 4.99 Å². The predicted octanol–water partition coefficient (Wildman–Crippen LogP) is 3.61. The molecular weight excluding hydrogens is 362 g/mol. The molecule has 0 saturated heterocycles. The predicted molar refractivity (Wildman–Crippen MR) is 120 cm³/mol. The van der Waals surface area contributed by atoms with Crippen molar-refractivity contribution in [2.75, 3.05) is 26.7 Å². The first kappa shape index (κ1) is 20.7. The Kier molecular flexibility index (Phi) is 7.50. The van der Waals surface area contributed by atoms with Crippen LogP contribution >= 0.6 is 0 Å².